The molecule has 1 saturated heterocycles. The minimum absolute atomic E-state index is 0.0142. The van der Waals surface area contributed by atoms with Crippen molar-refractivity contribution in [2.45, 2.75) is 115 Å². The van der Waals surface area contributed by atoms with Gasteiger partial charge in [-0.3, -0.25) is 9.59 Å². The second kappa shape index (κ2) is 14.0. The monoisotopic (exact) mass is 485 g/mol. The Hall–Kier alpha value is -1.92. The van der Waals surface area contributed by atoms with Crippen molar-refractivity contribution in [2.24, 2.45) is 5.92 Å². The van der Waals surface area contributed by atoms with Crippen molar-refractivity contribution in [3.05, 3.63) is 35.4 Å². The Balaban J connectivity index is 1.59. The highest BCUT2D eigenvalue weighted by Gasteiger charge is 2.28. The van der Waals surface area contributed by atoms with E-state index in [1.165, 1.54) is 43.2 Å². The summed E-state index contributed by atoms with van der Waals surface area (Å²) in [6.07, 6.45) is 10.9. The number of carbonyl (C=O) groups is 2. The average Bonchev–Trinajstić information content (AvgIpc) is 3.69. The lowest BCUT2D eigenvalue weighted by molar-refractivity contribution is -0.139. The molecule has 1 heterocycles. The number of amides is 2. The first-order chi connectivity index (χ1) is 16.8. The van der Waals surface area contributed by atoms with Crippen molar-refractivity contribution in [1.82, 2.24) is 15.5 Å². The van der Waals surface area contributed by atoms with Crippen LogP contribution in [0.4, 0.5) is 0 Å². The number of aliphatic hydroxyl groups excluding tert-OH is 1. The van der Waals surface area contributed by atoms with Crippen molar-refractivity contribution in [1.29, 1.82) is 0 Å². The summed E-state index contributed by atoms with van der Waals surface area (Å²) in [5, 5.41) is 17.6. The second-order valence-corrected chi connectivity index (χ2v) is 11.0. The third-order valence-electron chi connectivity index (χ3n) is 7.82. The van der Waals surface area contributed by atoms with Crippen LogP contribution in [0.25, 0.3) is 0 Å². The zero-order chi connectivity index (χ0) is 25.2. The fraction of sp³-hybridized carbons (Fsp3) is 0.724. The van der Waals surface area contributed by atoms with E-state index in [1.54, 1.807) is 18.9 Å². The van der Waals surface area contributed by atoms with E-state index < -0.39 is 12.1 Å². The average molecular weight is 486 g/mol. The minimum Gasteiger partial charge on any atom is -0.390 e. The molecule has 0 radical (unpaired) electrons. The maximum absolute atomic E-state index is 13.1. The maximum atomic E-state index is 13.1. The normalized spacial score (nSPS) is 26.9. The van der Waals surface area contributed by atoms with E-state index in [4.69, 9.17) is 0 Å². The number of benzene rings is 1. The van der Waals surface area contributed by atoms with Gasteiger partial charge >= 0.3 is 0 Å². The van der Waals surface area contributed by atoms with Crippen LogP contribution in [-0.4, -0.2) is 53.6 Å². The van der Waals surface area contributed by atoms with E-state index >= 15 is 0 Å². The van der Waals surface area contributed by atoms with Crippen LogP contribution in [0, 0.1) is 5.92 Å². The largest absolute Gasteiger partial charge is 0.390 e. The van der Waals surface area contributed by atoms with E-state index in [2.05, 4.69) is 41.8 Å². The summed E-state index contributed by atoms with van der Waals surface area (Å²) in [5.74, 6) is 0.956. The molecule has 1 aliphatic heterocycles. The number of nitrogens with zero attached hydrogens (tertiary/aromatic N) is 1. The number of hydrogen-bond donors (Lipinski definition) is 3. The van der Waals surface area contributed by atoms with E-state index in [1.807, 2.05) is 0 Å². The van der Waals surface area contributed by atoms with Gasteiger partial charge in [0.05, 0.1) is 12.1 Å². The molecule has 1 aromatic carbocycles. The SMILES string of the molecule is C[C@@H]1CCCCCCCCC(=O)N(C)[C@@H](C)C(=O)N[C@H]([C@H](O)CNCc2cccc(C3CC3)c2)C1. The van der Waals surface area contributed by atoms with Crippen LogP contribution in [0.15, 0.2) is 24.3 Å². The lowest BCUT2D eigenvalue weighted by Gasteiger charge is -2.31. The Kier molecular flexibility index (Phi) is 11.1. The van der Waals surface area contributed by atoms with Gasteiger partial charge in [-0.1, -0.05) is 69.7 Å². The molecule has 0 unspecified atom stereocenters. The molecule has 4 atom stereocenters. The zero-order valence-electron chi connectivity index (χ0n) is 22.1. The van der Waals surface area contributed by atoms with E-state index in [0.29, 0.717) is 25.4 Å². The Labute approximate surface area is 212 Å². The zero-order valence-corrected chi connectivity index (χ0v) is 22.1. The second-order valence-electron chi connectivity index (χ2n) is 11.0. The first-order valence-electron chi connectivity index (χ1n) is 13.9. The van der Waals surface area contributed by atoms with Crippen LogP contribution in [0.1, 0.15) is 102 Å². The predicted molar refractivity (Wildman–Crippen MR) is 141 cm³/mol. The number of carbonyl (C=O) groups excluding carboxylic acids is 2. The van der Waals surface area contributed by atoms with Crippen molar-refractivity contribution in [2.75, 3.05) is 13.6 Å². The van der Waals surface area contributed by atoms with Crippen LogP contribution in [-0.2, 0) is 16.1 Å². The summed E-state index contributed by atoms with van der Waals surface area (Å²) in [6.45, 7) is 5.09. The van der Waals surface area contributed by atoms with Gasteiger partial charge in [0.1, 0.15) is 6.04 Å². The molecule has 2 fully saturated rings. The highest BCUT2D eigenvalue weighted by Crippen LogP contribution is 2.40. The van der Waals surface area contributed by atoms with E-state index in [-0.39, 0.29) is 17.9 Å². The first-order valence-corrected chi connectivity index (χ1v) is 13.9. The predicted octanol–water partition coefficient (Wildman–Crippen LogP) is 4.51. The van der Waals surface area contributed by atoms with Crippen LogP contribution >= 0.6 is 0 Å². The Morgan fingerprint density at radius 3 is 2.51 bits per heavy atom. The summed E-state index contributed by atoms with van der Waals surface area (Å²) < 4.78 is 0. The molecule has 6 heteroatoms. The van der Waals surface area contributed by atoms with Crippen LogP contribution in [0.3, 0.4) is 0 Å². The van der Waals surface area contributed by atoms with Crippen molar-refractivity contribution in [3.63, 3.8) is 0 Å². The molecule has 3 rings (SSSR count). The Morgan fingerprint density at radius 2 is 1.77 bits per heavy atom. The summed E-state index contributed by atoms with van der Waals surface area (Å²) >= 11 is 0. The summed E-state index contributed by atoms with van der Waals surface area (Å²) in [6, 6.07) is 7.80. The third kappa shape index (κ3) is 9.23. The number of nitrogens with one attached hydrogen (secondary N) is 2. The van der Waals surface area contributed by atoms with Gasteiger partial charge in [0, 0.05) is 26.6 Å². The number of aliphatic hydroxyl groups is 1. The van der Waals surface area contributed by atoms with Gasteiger partial charge in [0.25, 0.3) is 0 Å². The molecule has 0 spiro atoms. The molecule has 2 aliphatic rings. The standard InChI is InChI=1S/C29H47N3O3/c1-21-11-8-6-4-5-7-9-14-28(34)32(3)22(2)29(35)31-26(17-21)27(33)20-30-19-23-12-10-13-25(18-23)24-15-16-24/h10,12-13,18,21-22,24,26-27,30,33H,4-9,11,14-17,19-20H2,1-3H3,(H,31,35)/t21-,22+,26+,27-/m1/s1. The Bertz CT molecular complexity index is 810. The Morgan fingerprint density at radius 1 is 1.06 bits per heavy atom. The maximum Gasteiger partial charge on any atom is 0.242 e. The summed E-state index contributed by atoms with van der Waals surface area (Å²) in [7, 11) is 1.71. The molecule has 6 nitrogen and oxygen atoms in total. The molecular weight excluding hydrogens is 438 g/mol. The highest BCUT2D eigenvalue weighted by molar-refractivity contribution is 5.87. The van der Waals surface area contributed by atoms with Gasteiger partial charge in [-0.05, 0) is 55.6 Å². The molecule has 196 valence electrons. The topological polar surface area (TPSA) is 81.7 Å². The molecule has 1 saturated carbocycles. The molecular formula is C29H47N3O3. The third-order valence-corrected chi connectivity index (χ3v) is 7.82. The fourth-order valence-electron chi connectivity index (χ4n) is 5.09. The molecule has 3 N–H and O–H groups in total. The number of rotatable bonds is 6. The number of hydrogen-bond acceptors (Lipinski definition) is 4. The summed E-state index contributed by atoms with van der Waals surface area (Å²) in [5.41, 5.74) is 2.64. The van der Waals surface area contributed by atoms with Crippen molar-refractivity contribution in [3.8, 4) is 0 Å². The van der Waals surface area contributed by atoms with E-state index in [0.717, 1.165) is 38.0 Å². The van der Waals surface area contributed by atoms with Crippen molar-refractivity contribution < 1.29 is 14.7 Å². The highest BCUT2D eigenvalue weighted by atomic mass is 16.3. The smallest absolute Gasteiger partial charge is 0.242 e. The van der Waals surface area contributed by atoms with Crippen LogP contribution < -0.4 is 10.6 Å². The molecule has 2 amide bonds. The first kappa shape index (κ1) is 27.7. The van der Waals surface area contributed by atoms with Gasteiger partial charge in [0.15, 0.2) is 0 Å². The molecule has 1 aromatic rings. The molecule has 1 aliphatic carbocycles. The summed E-state index contributed by atoms with van der Waals surface area (Å²) in [4.78, 5) is 27.2. The van der Waals surface area contributed by atoms with Gasteiger partial charge in [-0.2, -0.15) is 0 Å². The molecule has 0 aromatic heterocycles. The van der Waals surface area contributed by atoms with Gasteiger partial charge < -0.3 is 20.6 Å². The molecule has 0 bridgehead atoms. The van der Waals surface area contributed by atoms with Gasteiger partial charge in [-0.25, -0.2) is 0 Å². The molecule has 35 heavy (non-hydrogen) atoms. The lowest BCUT2D eigenvalue weighted by atomic mass is 9.92. The number of likely N-dealkylation sites (N-methyl/N-ethyl adjacent to an activating group) is 1. The van der Waals surface area contributed by atoms with Crippen LogP contribution in [0.5, 0.6) is 0 Å². The van der Waals surface area contributed by atoms with Crippen molar-refractivity contribution >= 4 is 11.8 Å². The van der Waals surface area contributed by atoms with Gasteiger partial charge in [-0.15, -0.1) is 0 Å². The fourth-order valence-corrected chi connectivity index (χ4v) is 5.09. The quantitative estimate of drug-likeness (QED) is 0.554. The van der Waals surface area contributed by atoms with Gasteiger partial charge in [0.2, 0.25) is 11.8 Å². The van der Waals surface area contributed by atoms with Crippen LogP contribution in [0.2, 0.25) is 0 Å². The van der Waals surface area contributed by atoms with E-state index in [9.17, 15) is 14.7 Å². The minimum atomic E-state index is -0.694. The lowest BCUT2D eigenvalue weighted by Crippen LogP contribution is -2.53.